The Kier molecular flexibility index (Phi) is 3.31. The fourth-order valence-electron chi connectivity index (χ4n) is 0.791. The SMILES string of the molecule is COCCOCC1(C)C=NN=N1. The Hall–Kier alpha value is -0.810. The monoisotopic (exact) mass is 171 g/mol. The second kappa shape index (κ2) is 4.27. The van der Waals surface area contributed by atoms with Gasteiger partial charge in [-0.1, -0.05) is 0 Å². The van der Waals surface area contributed by atoms with E-state index in [0.29, 0.717) is 19.8 Å². The van der Waals surface area contributed by atoms with Gasteiger partial charge in [-0.25, -0.2) is 0 Å². The summed E-state index contributed by atoms with van der Waals surface area (Å²) in [6, 6.07) is 0. The lowest BCUT2D eigenvalue weighted by atomic mass is 10.1. The van der Waals surface area contributed by atoms with Gasteiger partial charge in [0, 0.05) is 7.11 Å². The minimum atomic E-state index is -0.367. The Morgan fingerprint density at radius 2 is 2.25 bits per heavy atom. The summed E-state index contributed by atoms with van der Waals surface area (Å²) in [4.78, 5) is 0. The molecule has 0 spiro atoms. The molecule has 1 atom stereocenters. The number of hydrogen-bond donors (Lipinski definition) is 0. The van der Waals surface area contributed by atoms with Crippen LogP contribution in [0.1, 0.15) is 6.92 Å². The van der Waals surface area contributed by atoms with Crippen LogP contribution in [0.3, 0.4) is 0 Å². The van der Waals surface area contributed by atoms with Crippen molar-refractivity contribution in [1.29, 1.82) is 0 Å². The molecule has 0 aromatic carbocycles. The third-order valence-corrected chi connectivity index (χ3v) is 1.49. The zero-order chi connectivity index (χ0) is 8.86. The van der Waals surface area contributed by atoms with Crippen LogP contribution in [0.25, 0.3) is 0 Å². The highest BCUT2D eigenvalue weighted by Crippen LogP contribution is 2.13. The summed E-state index contributed by atoms with van der Waals surface area (Å²) < 4.78 is 10.1. The molecule has 12 heavy (non-hydrogen) atoms. The van der Waals surface area contributed by atoms with Crippen LogP contribution in [0.15, 0.2) is 15.4 Å². The highest BCUT2D eigenvalue weighted by molar-refractivity contribution is 5.70. The number of nitrogens with zero attached hydrogens (tertiary/aromatic N) is 3. The van der Waals surface area contributed by atoms with E-state index in [1.807, 2.05) is 6.92 Å². The van der Waals surface area contributed by atoms with Gasteiger partial charge in [0.05, 0.1) is 26.0 Å². The van der Waals surface area contributed by atoms with Crippen LogP contribution >= 0.6 is 0 Å². The third-order valence-electron chi connectivity index (χ3n) is 1.49. The van der Waals surface area contributed by atoms with Gasteiger partial charge in [-0.3, -0.25) is 0 Å². The van der Waals surface area contributed by atoms with Gasteiger partial charge in [-0.2, -0.15) is 5.11 Å². The lowest BCUT2D eigenvalue weighted by molar-refractivity contribution is 0.0589. The summed E-state index contributed by atoms with van der Waals surface area (Å²) in [5.41, 5.74) is -0.367. The van der Waals surface area contributed by atoms with Crippen molar-refractivity contribution in [2.24, 2.45) is 15.4 Å². The first-order valence-corrected chi connectivity index (χ1v) is 3.80. The van der Waals surface area contributed by atoms with Crippen LogP contribution in [0.4, 0.5) is 0 Å². The average molecular weight is 171 g/mol. The fourth-order valence-corrected chi connectivity index (χ4v) is 0.791. The summed E-state index contributed by atoms with van der Waals surface area (Å²) in [5, 5.41) is 11.1. The van der Waals surface area contributed by atoms with Crippen molar-refractivity contribution in [3.8, 4) is 0 Å². The van der Waals surface area contributed by atoms with E-state index in [2.05, 4.69) is 15.4 Å². The van der Waals surface area contributed by atoms with Crippen molar-refractivity contribution in [1.82, 2.24) is 0 Å². The van der Waals surface area contributed by atoms with E-state index in [1.165, 1.54) is 0 Å². The molecule has 0 aromatic heterocycles. The van der Waals surface area contributed by atoms with E-state index >= 15 is 0 Å². The summed E-state index contributed by atoms with van der Waals surface area (Å²) in [5.74, 6) is 0. The molecule has 5 heteroatoms. The van der Waals surface area contributed by atoms with Gasteiger partial charge in [-0.15, -0.1) is 5.10 Å². The Labute approximate surface area is 71.5 Å². The lowest BCUT2D eigenvalue weighted by Crippen LogP contribution is -2.29. The molecule has 1 heterocycles. The topological polar surface area (TPSA) is 55.5 Å². The van der Waals surface area contributed by atoms with Crippen LogP contribution in [-0.2, 0) is 9.47 Å². The number of methoxy groups -OCH3 is 1. The standard InChI is InChI=1S/C7H13N3O2/c1-7(5-8-10-9-7)6-12-4-3-11-2/h5H,3-4,6H2,1-2H3. The number of rotatable bonds is 5. The summed E-state index contributed by atoms with van der Waals surface area (Å²) in [6.07, 6.45) is 1.68. The Morgan fingerprint density at radius 3 is 2.83 bits per heavy atom. The highest BCUT2D eigenvalue weighted by Gasteiger charge is 2.24. The third kappa shape index (κ3) is 2.67. The smallest absolute Gasteiger partial charge is 0.141 e. The molecule has 0 saturated heterocycles. The maximum atomic E-state index is 5.29. The summed E-state index contributed by atoms with van der Waals surface area (Å²) in [6.45, 7) is 3.60. The lowest BCUT2D eigenvalue weighted by Gasteiger charge is -2.14. The highest BCUT2D eigenvalue weighted by atomic mass is 16.5. The van der Waals surface area contributed by atoms with Gasteiger partial charge in [0.1, 0.15) is 5.54 Å². The van der Waals surface area contributed by atoms with Crippen LogP contribution in [0.2, 0.25) is 0 Å². The second-order valence-corrected chi connectivity index (χ2v) is 2.84. The van der Waals surface area contributed by atoms with Crippen LogP contribution < -0.4 is 0 Å². The molecule has 0 fully saturated rings. The van der Waals surface area contributed by atoms with Crippen molar-refractivity contribution < 1.29 is 9.47 Å². The largest absolute Gasteiger partial charge is 0.382 e. The van der Waals surface area contributed by atoms with Crippen molar-refractivity contribution in [3.05, 3.63) is 0 Å². The van der Waals surface area contributed by atoms with E-state index in [9.17, 15) is 0 Å². The molecule has 0 amide bonds. The maximum absolute atomic E-state index is 5.29. The van der Waals surface area contributed by atoms with Crippen molar-refractivity contribution >= 4 is 6.21 Å². The molecule has 1 aliphatic rings. The molecule has 0 radical (unpaired) electrons. The number of ether oxygens (including phenoxy) is 2. The molecule has 0 saturated carbocycles. The molecule has 0 aromatic rings. The first kappa shape index (κ1) is 9.28. The van der Waals surface area contributed by atoms with E-state index in [4.69, 9.17) is 9.47 Å². The fraction of sp³-hybridized carbons (Fsp3) is 0.857. The van der Waals surface area contributed by atoms with E-state index in [0.717, 1.165) is 0 Å². The minimum absolute atomic E-state index is 0.367. The van der Waals surface area contributed by atoms with Crippen molar-refractivity contribution in [3.63, 3.8) is 0 Å². The second-order valence-electron chi connectivity index (χ2n) is 2.84. The average Bonchev–Trinajstić information content (AvgIpc) is 2.47. The Balaban J connectivity index is 2.14. The molecule has 1 unspecified atom stereocenters. The van der Waals surface area contributed by atoms with Crippen LogP contribution in [0, 0.1) is 0 Å². The number of hydrogen-bond acceptors (Lipinski definition) is 5. The maximum Gasteiger partial charge on any atom is 0.141 e. The first-order valence-electron chi connectivity index (χ1n) is 3.80. The van der Waals surface area contributed by atoms with Crippen molar-refractivity contribution in [2.75, 3.05) is 26.9 Å². The first-order chi connectivity index (χ1) is 5.77. The molecular weight excluding hydrogens is 158 g/mol. The zero-order valence-electron chi connectivity index (χ0n) is 7.36. The van der Waals surface area contributed by atoms with Crippen LogP contribution in [-0.4, -0.2) is 38.7 Å². The van der Waals surface area contributed by atoms with E-state index in [1.54, 1.807) is 13.3 Å². The van der Waals surface area contributed by atoms with Gasteiger partial charge < -0.3 is 9.47 Å². The van der Waals surface area contributed by atoms with Gasteiger partial charge in [-0.05, 0) is 12.1 Å². The molecule has 0 bridgehead atoms. The van der Waals surface area contributed by atoms with Gasteiger partial charge >= 0.3 is 0 Å². The van der Waals surface area contributed by atoms with Crippen molar-refractivity contribution in [2.45, 2.75) is 12.5 Å². The van der Waals surface area contributed by atoms with E-state index in [-0.39, 0.29) is 5.54 Å². The van der Waals surface area contributed by atoms with Crippen LogP contribution in [0.5, 0.6) is 0 Å². The van der Waals surface area contributed by atoms with Gasteiger partial charge in [0.15, 0.2) is 0 Å². The predicted molar refractivity (Wildman–Crippen MR) is 44.4 cm³/mol. The molecule has 5 nitrogen and oxygen atoms in total. The Bertz CT molecular complexity index is 179. The Morgan fingerprint density at radius 1 is 1.42 bits per heavy atom. The summed E-state index contributed by atoms with van der Waals surface area (Å²) in [7, 11) is 1.64. The molecule has 0 N–H and O–H groups in total. The summed E-state index contributed by atoms with van der Waals surface area (Å²) >= 11 is 0. The molecule has 1 aliphatic heterocycles. The normalized spacial score (nSPS) is 26.8. The quantitative estimate of drug-likeness (QED) is 0.576. The molecule has 0 aliphatic carbocycles. The zero-order valence-corrected chi connectivity index (χ0v) is 7.36. The molecule has 1 rings (SSSR count). The van der Waals surface area contributed by atoms with Gasteiger partial charge in [0.25, 0.3) is 0 Å². The van der Waals surface area contributed by atoms with E-state index < -0.39 is 0 Å². The molecular formula is C7H13N3O2. The van der Waals surface area contributed by atoms with Gasteiger partial charge in [0.2, 0.25) is 0 Å². The predicted octanol–water partition coefficient (Wildman–Crippen LogP) is 0.860. The minimum Gasteiger partial charge on any atom is -0.382 e. The molecule has 68 valence electrons.